The third-order valence-corrected chi connectivity index (χ3v) is 6.66. The Morgan fingerprint density at radius 1 is 1.19 bits per heavy atom. The van der Waals surface area contributed by atoms with E-state index in [1.807, 2.05) is 13.8 Å². The van der Waals surface area contributed by atoms with E-state index < -0.39 is 23.3 Å². The van der Waals surface area contributed by atoms with Crippen molar-refractivity contribution in [1.29, 1.82) is 0 Å². The minimum absolute atomic E-state index is 0.0430. The maximum absolute atomic E-state index is 13.7. The molecule has 0 radical (unpaired) electrons. The van der Waals surface area contributed by atoms with E-state index in [0.29, 0.717) is 17.8 Å². The average molecular weight is 395 g/mol. The van der Waals surface area contributed by atoms with Crippen molar-refractivity contribution in [3.63, 3.8) is 0 Å². The van der Waals surface area contributed by atoms with Gasteiger partial charge in [-0.3, -0.25) is 14.7 Å². The third-order valence-electron chi connectivity index (χ3n) is 4.21. The molecule has 0 fully saturated rings. The van der Waals surface area contributed by atoms with E-state index in [4.69, 9.17) is 9.05 Å². The van der Waals surface area contributed by atoms with Gasteiger partial charge >= 0.3 is 7.60 Å². The second-order valence-electron chi connectivity index (χ2n) is 7.24. The van der Waals surface area contributed by atoms with Gasteiger partial charge in [0.15, 0.2) is 0 Å². The van der Waals surface area contributed by atoms with E-state index in [2.05, 4.69) is 23.8 Å². The first kappa shape index (κ1) is 21.2. The third kappa shape index (κ3) is 4.58. The van der Waals surface area contributed by atoms with Crippen LogP contribution in [0.15, 0.2) is 43.5 Å². The number of nitrogens with zero attached hydrogens (tertiary/aromatic N) is 1. The summed E-state index contributed by atoms with van der Waals surface area (Å²) in [6.07, 6.45) is 3.35. The van der Waals surface area contributed by atoms with Gasteiger partial charge in [-0.1, -0.05) is 12.2 Å². The van der Waals surface area contributed by atoms with E-state index in [1.54, 1.807) is 13.0 Å². The largest absolute Gasteiger partial charge is 0.378 e. The first-order valence-corrected chi connectivity index (χ1v) is 10.1. The van der Waals surface area contributed by atoms with Crippen LogP contribution in [0.25, 0.3) is 0 Å². The van der Waals surface area contributed by atoms with Crippen LogP contribution in [0.2, 0.25) is 0 Å². The molecule has 1 atom stereocenters. The number of nitro groups is 1. The summed E-state index contributed by atoms with van der Waals surface area (Å²) < 4.78 is 24.9. The highest BCUT2D eigenvalue weighted by Gasteiger charge is 2.52. The maximum Gasteiger partial charge on any atom is 0.356 e. The predicted octanol–water partition coefficient (Wildman–Crippen LogP) is 4.92. The Kier molecular flexibility index (Phi) is 6.14. The zero-order chi connectivity index (χ0) is 20.3. The molecule has 27 heavy (non-hydrogen) atoms. The van der Waals surface area contributed by atoms with Gasteiger partial charge in [0.1, 0.15) is 5.28 Å². The Labute approximate surface area is 159 Å². The average Bonchev–Trinajstić information content (AvgIpc) is 2.69. The van der Waals surface area contributed by atoms with Crippen molar-refractivity contribution in [1.82, 2.24) is 0 Å². The number of anilines is 2. The highest BCUT2D eigenvalue weighted by molar-refractivity contribution is 7.55. The molecule has 9 heteroatoms. The van der Waals surface area contributed by atoms with Gasteiger partial charge in [-0.2, -0.15) is 0 Å². The molecule has 0 bridgehead atoms. The number of nitrogens with one attached hydrogen (secondary N) is 2. The van der Waals surface area contributed by atoms with Crippen LogP contribution >= 0.6 is 7.60 Å². The molecule has 2 N–H and O–H groups in total. The molecule has 0 saturated carbocycles. The molecule has 1 aliphatic heterocycles. The number of nitro benzene ring substituents is 1. The normalized spacial score (nSPS) is 21.1. The zero-order valence-electron chi connectivity index (χ0n) is 15.9. The Hall–Kier alpha value is -2.15. The van der Waals surface area contributed by atoms with Gasteiger partial charge in [0, 0.05) is 24.1 Å². The zero-order valence-corrected chi connectivity index (χ0v) is 16.8. The van der Waals surface area contributed by atoms with Gasteiger partial charge in [0.2, 0.25) is 0 Å². The highest BCUT2D eigenvalue weighted by Crippen LogP contribution is 2.63. The lowest BCUT2D eigenvalue weighted by Crippen LogP contribution is -2.43. The first-order chi connectivity index (χ1) is 12.6. The molecule has 1 aromatic carbocycles. The Morgan fingerprint density at radius 2 is 1.78 bits per heavy atom. The topological polar surface area (TPSA) is 103 Å². The molecular weight excluding hydrogens is 369 g/mol. The van der Waals surface area contributed by atoms with Gasteiger partial charge in [-0.15, -0.1) is 13.2 Å². The van der Waals surface area contributed by atoms with Gasteiger partial charge in [0.05, 0.1) is 29.5 Å². The summed E-state index contributed by atoms with van der Waals surface area (Å²) in [5.41, 5.74) is 0.572. The van der Waals surface area contributed by atoms with Crippen LogP contribution in [-0.4, -0.2) is 29.0 Å². The van der Waals surface area contributed by atoms with Crippen LogP contribution < -0.4 is 10.6 Å². The van der Waals surface area contributed by atoms with Crippen LogP contribution in [0.3, 0.4) is 0 Å². The number of rotatable bonds is 8. The summed E-state index contributed by atoms with van der Waals surface area (Å²) in [5, 5.41) is 16.6. The molecule has 2 rings (SSSR count). The molecule has 1 aliphatic rings. The lowest BCUT2D eigenvalue weighted by molar-refractivity contribution is -0.384. The molecule has 0 aromatic heterocycles. The Morgan fingerprint density at radius 3 is 2.30 bits per heavy atom. The number of fused-ring (bicyclic) bond motifs is 1. The van der Waals surface area contributed by atoms with Crippen molar-refractivity contribution in [2.45, 2.75) is 38.0 Å². The SMILES string of the molecule is C=CCOP(=O)(OCC=C)C1(C)CC(C)(C)Nc2ccc([N+](=O)[O-])cc2N1. The Bertz CT molecular complexity index is 779. The van der Waals surface area contributed by atoms with E-state index in [-0.39, 0.29) is 18.9 Å². The lowest BCUT2D eigenvalue weighted by atomic mass is 9.96. The van der Waals surface area contributed by atoms with E-state index >= 15 is 0 Å². The molecular formula is C18H26N3O5P. The summed E-state index contributed by atoms with van der Waals surface area (Å²) in [4.78, 5) is 10.7. The fourth-order valence-corrected chi connectivity index (χ4v) is 5.35. The molecule has 8 nitrogen and oxygen atoms in total. The summed E-state index contributed by atoms with van der Waals surface area (Å²) in [6.45, 7) is 12.9. The smallest absolute Gasteiger partial charge is 0.356 e. The van der Waals surface area contributed by atoms with E-state index in [1.165, 1.54) is 24.3 Å². The van der Waals surface area contributed by atoms with Crippen molar-refractivity contribution in [2.75, 3.05) is 23.8 Å². The van der Waals surface area contributed by atoms with Crippen molar-refractivity contribution in [3.8, 4) is 0 Å². The summed E-state index contributed by atoms with van der Waals surface area (Å²) in [6, 6.07) is 4.47. The minimum atomic E-state index is -3.71. The molecule has 1 heterocycles. The van der Waals surface area contributed by atoms with Gasteiger partial charge in [-0.05, 0) is 26.8 Å². The van der Waals surface area contributed by atoms with E-state index in [9.17, 15) is 14.7 Å². The summed E-state index contributed by atoms with van der Waals surface area (Å²) >= 11 is 0. The first-order valence-electron chi connectivity index (χ1n) is 8.52. The molecule has 148 valence electrons. The maximum atomic E-state index is 13.7. The Balaban J connectivity index is 2.56. The van der Waals surface area contributed by atoms with Gasteiger partial charge in [-0.25, -0.2) is 0 Å². The van der Waals surface area contributed by atoms with Crippen molar-refractivity contribution >= 4 is 24.7 Å². The van der Waals surface area contributed by atoms with Gasteiger partial charge in [0.25, 0.3) is 5.69 Å². The predicted molar refractivity (Wildman–Crippen MR) is 107 cm³/mol. The van der Waals surface area contributed by atoms with Gasteiger partial charge < -0.3 is 19.7 Å². The van der Waals surface area contributed by atoms with Crippen LogP contribution in [0.4, 0.5) is 17.1 Å². The van der Waals surface area contributed by atoms with Crippen molar-refractivity contribution in [2.24, 2.45) is 0 Å². The fraction of sp³-hybridized carbons (Fsp3) is 0.444. The lowest BCUT2D eigenvalue weighted by Gasteiger charge is -2.39. The molecule has 1 aromatic rings. The van der Waals surface area contributed by atoms with Crippen LogP contribution in [-0.2, 0) is 13.6 Å². The molecule has 0 amide bonds. The molecule has 0 saturated heterocycles. The number of hydrogen-bond donors (Lipinski definition) is 2. The monoisotopic (exact) mass is 395 g/mol. The second kappa shape index (κ2) is 7.84. The van der Waals surface area contributed by atoms with E-state index in [0.717, 1.165) is 0 Å². The number of non-ortho nitro benzene ring substituents is 1. The quantitative estimate of drug-likeness (QED) is 0.279. The minimum Gasteiger partial charge on any atom is -0.378 e. The molecule has 0 spiro atoms. The standard InChI is InChI=1S/C18H26N3O5P/c1-6-10-25-27(24,26-11-7-2)18(5)13-17(3,4)19-15-9-8-14(21(22)23)12-16(15)20-18/h6-9,12,19-20H,1-2,10-11,13H2,3-5H3. The molecule has 0 aliphatic carbocycles. The van der Waals surface area contributed by atoms with Crippen molar-refractivity contribution in [3.05, 3.63) is 53.6 Å². The number of benzene rings is 1. The summed E-state index contributed by atoms with van der Waals surface area (Å²) in [7, 11) is -3.71. The second-order valence-corrected chi connectivity index (χ2v) is 9.74. The fourth-order valence-electron chi connectivity index (χ4n) is 3.25. The number of hydrogen-bond acceptors (Lipinski definition) is 7. The van der Waals surface area contributed by atoms with Crippen LogP contribution in [0, 0.1) is 10.1 Å². The van der Waals surface area contributed by atoms with Crippen LogP contribution in [0.5, 0.6) is 0 Å². The molecule has 1 unspecified atom stereocenters. The summed E-state index contributed by atoms with van der Waals surface area (Å²) in [5.74, 6) is 0. The highest BCUT2D eigenvalue weighted by atomic mass is 31.2. The van der Waals surface area contributed by atoms with Crippen molar-refractivity contribution < 1.29 is 18.5 Å². The van der Waals surface area contributed by atoms with Crippen LogP contribution in [0.1, 0.15) is 27.2 Å².